The van der Waals surface area contributed by atoms with E-state index >= 15 is 0 Å². The van der Waals surface area contributed by atoms with Crippen molar-refractivity contribution in [1.29, 1.82) is 0 Å². The molecule has 4 heteroatoms. The molecule has 2 aromatic rings. The van der Waals surface area contributed by atoms with Crippen LogP contribution in [0.25, 0.3) is 0 Å². The Morgan fingerprint density at radius 2 is 1.78 bits per heavy atom. The number of hydrogen-bond donors (Lipinski definition) is 1. The summed E-state index contributed by atoms with van der Waals surface area (Å²) >= 11 is 12.1. The molecule has 1 N–H and O–H groups in total. The third kappa shape index (κ3) is 5.42. The minimum atomic E-state index is 0.104. The van der Waals surface area contributed by atoms with Crippen LogP contribution in [0.2, 0.25) is 10.0 Å². The van der Waals surface area contributed by atoms with Crippen molar-refractivity contribution in [1.82, 2.24) is 5.32 Å². The van der Waals surface area contributed by atoms with Crippen LogP contribution in [0.5, 0.6) is 5.75 Å². The van der Waals surface area contributed by atoms with Gasteiger partial charge in [-0.15, -0.1) is 0 Å². The lowest BCUT2D eigenvalue weighted by Crippen LogP contribution is -2.37. The summed E-state index contributed by atoms with van der Waals surface area (Å²) in [4.78, 5) is 0. The van der Waals surface area contributed by atoms with Gasteiger partial charge in [0.05, 0.1) is 0 Å². The monoisotopic (exact) mass is 351 g/mol. The third-order valence-electron chi connectivity index (χ3n) is 4.01. The summed E-state index contributed by atoms with van der Waals surface area (Å²) in [7, 11) is 0. The number of benzene rings is 2. The second-order valence-corrected chi connectivity index (χ2v) is 7.07. The second-order valence-electron chi connectivity index (χ2n) is 6.22. The van der Waals surface area contributed by atoms with E-state index in [1.54, 1.807) is 6.07 Å². The highest BCUT2D eigenvalue weighted by molar-refractivity contribution is 6.35. The molecule has 0 bridgehead atoms. The highest BCUT2D eigenvalue weighted by atomic mass is 35.5. The van der Waals surface area contributed by atoms with E-state index < -0.39 is 0 Å². The van der Waals surface area contributed by atoms with Crippen molar-refractivity contribution in [2.45, 2.75) is 45.9 Å². The van der Waals surface area contributed by atoms with Gasteiger partial charge in [-0.2, -0.15) is 0 Å². The molecule has 2 rings (SSSR count). The van der Waals surface area contributed by atoms with E-state index in [1.165, 1.54) is 0 Å². The van der Waals surface area contributed by atoms with Gasteiger partial charge in [-0.25, -0.2) is 0 Å². The van der Waals surface area contributed by atoms with Gasteiger partial charge in [0.25, 0.3) is 0 Å². The Balaban J connectivity index is 2.05. The van der Waals surface area contributed by atoms with Gasteiger partial charge in [0.1, 0.15) is 12.4 Å². The lowest BCUT2D eigenvalue weighted by Gasteiger charge is -2.25. The van der Waals surface area contributed by atoms with E-state index in [4.69, 9.17) is 27.9 Å². The standard InChI is InChI=1S/C19H23Cl2NO/c1-4-19(2,3)22-12-14-7-5-6-8-18(14)23-13-15-9-10-16(20)11-17(15)21/h5-11,22H,4,12-13H2,1-3H3. The Labute approximate surface area is 148 Å². The van der Waals surface area contributed by atoms with Crippen molar-refractivity contribution < 1.29 is 4.74 Å². The molecule has 2 nitrogen and oxygen atoms in total. The number of nitrogens with one attached hydrogen (secondary N) is 1. The van der Waals surface area contributed by atoms with Crippen molar-refractivity contribution >= 4 is 23.2 Å². The Kier molecular flexibility index (Phi) is 6.34. The van der Waals surface area contributed by atoms with Crippen LogP contribution < -0.4 is 10.1 Å². The molecule has 0 radical (unpaired) electrons. The van der Waals surface area contributed by atoms with Crippen LogP contribution in [0.1, 0.15) is 38.3 Å². The Morgan fingerprint density at radius 1 is 1.04 bits per heavy atom. The van der Waals surface area contributed by atoms with Gasteiger partial charge >= 0.3 is 0 Å². The first-order valence-electron chi connectivity index (χ1n) is 7.81. The largest absolute Gasteiger partial charge is 0.489 e. The minimum Gasteiger partial charge on any atom is -0.489 e. The van der Waals surface area contributed by atoms with E-state index in [-0.39, 0.29) is 5.54 Å². The van der Waals surface area contributed by atoms with E-state index in [0.29, 0.717) is 16.7 Å². The number of para-hydroxylation sites is 1. The molecular weight excluding hydrogens is 329 g/mol. The first-order valence-corrected chi connectivity index (χ1v) is 8.56. The molecule has 0 atom stereocenters. The van der Waals surface area contributed by atoms with Crippen LogP contribution >= 0.6 is 23.2 Å². The summed E-state index contributed by atoms with van der Waals surface area (Å²) < 4.78 is 5.98. The molecule has 0 spiro atoms. The molecule has 0 saturated heterocycles. The van der Waals surface area contributed by atoms with Crippen LogP contribution in [0.3, 0.4) is 0 Å². The summed E-state index contributed by atoms with van der Waals surface area (Å²) in [5.74, 6) is 0.873. The van der Waals surface area contributed by atoms with E-state index in [0.717, 1.165) is 29.8 Å². The summed E-state index contributed by atoms with van der Waals surface area (Å²) in [6.45, 7) is 7.77. The first-order chi connectivity index (χ1) is 10.9. The molecule has 0 heterocycles. The predicted octanol–water partition coefficient (Wildman–Crippen LogP) is 5.85. The number of halogens is 2. The normalized spacial score (nSPS) is 11.5. The zero-order chi connectivity index (χ0) is 16.9. The maximum Gasteiger partial charge on any atom is 0.124 e. The minimum absolute atomic E-state index is 0.104. The topological polar surface area (TPSA) is 21.3 Å². The van der Waals surface area contributed by atoms with E-state index in [9.17, 15) is 0 Å². The molecule has 124 valence electrons. The molecule has 0 fully saturated rings. The second kappa shape index (κ2) is 8.05. The molecule has 23 heavy (non-hydrogen) atoms. The van der Waals surface area contributed by atoms with Gasteiger partial charge in [0.2, 0.25) is 0 Å². The van der Waals surface area contributed by atoms with Crippen molar-refractivity contribution in [2.75, 3.05) is 0 Å². The van der Waals surface area contributed by atoms with Gasteiger partial charge in [-0.3, -0.25) is 0 Å². The Morgan fingerprint density at radius 3 is 2.48 bits per heavy atom. The summed E-state index contributed by atoms with van der Waals surface area (Å²) in [6, 6.07) is 13.5. The average Bonchev–Trinajstić information content (AvgIpc) is 2.53. The molecule has 0 aliphatic carbocycles. The molecule has 0 aliphatic rings. The SMILES string of the molecule is CCC(C)(C)NCc1ccccc1OCc1ccc(Cl)cc1Cl. The zero-order valence-electron chi connectivity index (χ0n) is 13.8. The van der Waals surface area contributed by atoms with E-state index in [1.807, 2.05) is 30.3 Å². The van der Waals surface area contributed by atoms with Crippen molar-refractivity contribution in [3.05, 3.63) is 63.6 Å². The fourth-order valence-corrected chi connectivity index (χ4v) is 2.51. The number of rotatable bonds is 7. The number of ether oxygens (including phenoxy) is 1. The zero-order valence-corrected chi connectivity index (χ0v) is 15.3. The fourth-order valence-electron chi connectivity index (χ4n) is 2.04. The highest BCUT2D eigenvalue weighted by Gasteiger charge is 2.14. The van der Waals surface area contributed by atoms with Gasteiger partial charge < -0.3 is 10.1 Å². The molecule has 0 aromatic heterocycles. The van der Waals surface area contributed by atoms with Gasteiger partial charge in [-0.05, 0) is 38.5 Å². The Hall–Kier alpha value is -1.22. The average molecular weight is 352 g/mol. The molecule has 0 aliphatic heterocycles. The lowest BCUT2D eigenvalue weighted by molar-refractivity contribution is 0.298. The molecule has 2 aromatic carbocycles. The van der Waals surface area contributed by atoms with Crippen LogP contribution in [0.4, 0.5) is 0 Å². The summed E-state index contributed by atoms with van der Waals surface area (Å²) in [5, 5.41) is 4.81. The molecular formula is C19H23Cl2NO. The first kappa shape index (κ1) is 18.1. The van der Waals surface area contributed by atoms with Crippen LogP contribution in [-0.4, -0.2) is 5.54 Å². The van der Waals surface area contributed by atoms with Crippen molar-refractivity contribution in [3.8, 4) is 5.75 Å². The lowest BCUT2D eigenvalue weighted by atomic mass is 10.0. The maximum atomic E-state index is 6.20. The van der Waals surface area contributed by atoms with Gasteiger partial charge in [0.15, 0.2) is 0 Å². The van der Waals surface area contributed by atoms with Crippen molar-refractivity contribution in [2.24, 2.45) is 0 Å². The maximum absolute atomic E-state index is 6.20. The van der Waals surface area contributed by atoms with Crippen LogP contribution in [0, 0.1) is 0 Å². The predicted molar refractivity (Wildman–Crippen MR) is 98.4 cm³/mol. The Bertz CT molecular complexity index is 656. The van der Waals surface area contributed by atoms with Crippen LogP contribution in [0.15, 0.2) is 42.5 Å². The van der Waals surface area contributed by atoms with Gasteiger partial charge in [-0.1, -0.05) is 54.4 Å². The highest BCUT2D eigenvalue weighted by Crippen LogP contribution is 2.24. The van der Waals surface area contributed by atoms with Crippen LogP contribution in [-0.2, 0) is 13.2 Å². The smallest absolute Gasteiger partial charge is 0.124 e. The number of hydrogen-bond acceptors (Lipinski definition) is 2. The fraction of sp³-hybridized carbons (Fsp3) is 0.368. The molecule has 0 unspecified atom stereocenters. The van der Waals surface area contributed by atoms with Gasteiger partial charge in [0, 0.05) is 33.3 Å². The van der Waals surface area contributed by atoms with Crippen molar-refractivity contribution in [3.63, 3.8) is 0 Å². The molecule has 0 saturated carbocycles. The molecule has 0 amide bonds. The summed E-state index contributed by atoms with van der Waals surface area (Å²) in [5.41, 5.74) is 2.17. The quantitative estimate of drug-likeness (QED) is 0.675. The van der Waals surface area contributed by atoms with E-state index in [2.05, 4.69) is 32.2 Å². The third-order valence-corrected chi connectivity index (χ3v) is 4.60. The summed E-state index contributed by atoms with van der Waals surface area (Å²) in [6.07, 6.45) is 1.07.